The van der Waals surface area contributed by atoms with Crippen molar-refractivity contribution in [3.63, 3.8) is 0 Å². The van der Waals surface area contributed by atoms with Crippen LogP contribution >= 0.6 is 0 Å². The lowest BCUT2D eigenvalue weighted by molar-refractivity contribution is 0.344. The SMILES string of the molecule is CC(C)(C)CC(N)CNc1ccncn1. The second kappa shape index (κ2) is 5.07. The maximum absolute atomic E-state index is 6.00. The summed E-state index contributed by atoms with van der Waals surface area (Å²) in [5, 5.41) is 3.19. The molecular formula is C11H20N4. The highest BCUT2D eigenvalue weighted by Gasteiger charge is 2.15. The lowest BCUT2D eigenvalue weighted by atomic mass is 9.88. The van der Waals surface area contributed by atoms with Crippen LogP contribution in [0.5, 0.6) is 0 Å². The Bertz CT molecular complexity index is 278. The van der Waals surface area contributed by atoms with Gasteiger partial charge < -0.3 is 11.1 Å². The van der Waals surface area contributed by atoms with E-state index in [-0.39, 0.29) is 11.5 Å². The molecule has 4 heteroatoms. The molecule has 3 N–H and O–H groups in total. The summed E-state index contributed by atoms with van der Waals surface area (Å²) in [5.74, 6) is 0.828. The van der Waals surface area contributed by atoms with E-state index in [1.54, 1.807) is 6.20 Å². The third-order valence-corrected chi connectivity index (χ3v) is 2.00. The molecule has 1 unspecified atom stereocenters. The largest absolute Gasteiger partial charge is 0.368 e. The maximum atomic E-state index is 6.00. The van der Waals surface area contributed by atoms with E-state index in [2.05, 4.69) is 36.1 Å². The molecule has 0 aromatic carbocycles. The van der Waals surface area contributed by atoms with Crippen LogP contribution in [0.1, 0.15) is 27.2 Å². The molecule has 0 saturated heterocycles. The predicted molar refractivity (Wildman–Crippen MR) is 62.6 cm³/mol. The lowest BCUT2D eigenvalue weighted by Crippen LogP contribution is -2.33. The van der Waals surface area contributed by atoms with E-state index in [1.807, 2.05) is 6.07 Å². The first-order valence-corrected chi connectivity index (χ1v) is 5.23. The molecule has 15 heavy (non-hydrogen) atoms. The predicted octanol–water partition coefficient (Wildman–Crippen LogP) is 1.65. The summed E-state index contributed by atoms with van der Waals surface area (Å²) in [7, 11) is 0. The third kappa shape index (κ3) is 5.32. The molecule has 0 radical (unpaired) electrons. The molecule has 1 aromatic heterocycles. The van der Waals surface area contributed by atoms with Crippen molar-refractivity contribution in [1.82, 2.24) is 9.97 Å². The van der Waals surface area contributed by atoms with E-state index in [0.29, 0.717) is 0 Å². The Kier molecular flexibility index (Phi) is 4.03. The number of nitrogens with one attached hydrogen (secondary N) is 1. The average Bonchev–Trinajstić information content (AvgIpc) is 2.14. The summed E-state index contributed by atoms with van der Waals surface area (Å²) < 4.78 is 0. The van der Waals surface area contributed by atoms with E-state index in [0.717, 1.165) is 18.8 Å². The Balaban J connectivity index is 2.32. The maximum Gasteiger partial charge on any atom is 0.129 e. The number of rotatable bonds is 4. The molecule has 1 aromatic rings. The van der Waals surface area contributed by atoms with Gasteiger partial charge in [0.2, 0.25) is 0 Å². The lowest BCUT2D eigenvalue weighted by Gasteiger charge is -2.23. The monoisotopic (exact) mass is 208 g/mol. The zero-order chi connectivity index (χ0) is 11.3. The number of anilines is 1. The Morgan fingerprint density at radius 3 is 2.73 bits per heavy atom. The second-order valence-electron chi connectivity index (χ2n) is 5.00. The second-order valence-corrected chi connectivity index (χ2v) is 5.00. The van der Waals surface area contributed by atoms with Gasteiger partial charge >= 0.3 is 0 Å². The van der Waals surface area contributed by atoms with Crippen LogP contribution in [0.4, 0.5) is 5.82 Å². The minimum atomic E-state index is 0.153. The van der Waals surface area contributed by atoms with Crippen LogP contribution in [0.3, 0.4) is 0 Å². The van der Waals surface area contributed by atoms with Crippen molar-refractivity contribution in [2.75, 3.05) is 11.9 Å². The zero-order valence-electron chi connectivity index (χ0n) is 9.70. The van der Waals surface area contributed by atoms with Gasteiger partial charge in [0.05, 0.1) is 0 Å². The van der Waals surface area contributed by atoms with Crippen molar-refractivity contribution in [3.05, 3.63) is 18.6 Å². The van der Waals surface area contributed by atoms with Crippen LogP contribution in [0.15, 0.2) is 18.6 Å². The zero-order valence-corrected chi connectivity index (χ0v) is 9.70. The molecule has 0 amide bonds. The molecule has 0 fully saturated rings. The molecule has 0 spiro atoms. The minimum absolute atomic E-state index is 0.153. The minimum Gasteiger partial charge on any atom is -0.368 e. The van der Waals surface area contributed by atoms with E-state index >= 15 is 0 Å². The van der Waals surface area contributed by atoms with E-state index in [9.17, 15) is 0 Å². The van der Waals surface area contributed by atoms with Crippen LogP contribution in [0.2, 0.25) is 0 Å². The fourth-order valence-electron chi connectivity index (χ4n) is 1.49. The van der Waals surface area contributed by atoms with Gasteiger partial charge in [-0.2, -0.15) is 0 Å². The summed E-state index contributed by atoms with van der Waals surface area (Å²) in [5.41, 5.74) is 6.27. The van der Waals surface area contributed by atoms with Gasteiger partial charge in [0.1, 0.15) is 12.1 Å². The summed E-state index contributed by atoms with van der Waals surface area (Å²) in [6.07, 6.45) is 4.23. The van der Waals surface area contributed by atoms with Crippen LogP contribution in [0.25, 0.3) is 0 Å². The standard InChI is InChI=1S/C11H20N4/c1-11(2,3)6-9(12)7-14-10-4-5-13-8-15-10/h4-5,8-9H,6-7,12H2,1-3H3,(H,13,14,15). The number of nitrogens with zero attached hydrogens (tertiary/aromatic N) is 2. The van der Waals surface area contributed by atoms with Crippen LogP contribution in [-0.4, -0.2) is 22.6 Å². The molecule has 0 saturated carbocycles. The molecule has 1 heterocycles. The van der Waals surface area contributed by atoms with Crippen molar-refractivity contribution < 1.29 is 0 Å². The summed E-state index contributed by atoms with van der Waals surface area (Å²) in [6, 6.07) is 1.99. The van der Waals surface area contributed by atoms with Crippen molar-refractivity contribution in [2.45, 2.75) is 33.2 Å². The van der Waals surface area contributed by atoms with Crippen molar-refractivity contribution in [2.24, 2.45) is 11.1 Å². The van der Waals surface area contributed by atoms with Crippen molar-refractivity contribution in [1.29, 1.82) is 0 Å². The normalized spacial score (nSPS) is 13.6. The molecular weight excluding hydrogens is 188 g/mol. The molecule has 1 rings (SSSR count). The van der Waals surface area contributed by atoms with E-state index in [1.165, 1.54) is 6.33 Å². The van der Waals surface area contributed by atoms with Gasteiger partial charge in [-0.25, -0.2) is 9.97 Å². The van der Waals surface area contributed by atoms with E-state index in [4.69, 9.17) is 5.73 Å². The first kappa shape index (κ1) is 11.9. The number of hydrogen-bond donors (Lipinski definition) is 2. The van der Waals surface area contributed by atoms with Crippen molar-refractivity contribution >= 4 is 5.82 Å². The summed E-state index contributed by atoms with van der Waals surface area (Å²) >= 11 is 0. The Morgan fingerprint density at radius 2 is 2.20 bits per heavy atom. The fourth-order valence-corrected chi connectivity index (χ4v) is 1.49. The molecule has 4 nitrogen and oxygen atoms in total. The Hall–Kier alpha value is -1.16. The Morgan fingerprint density at radius 1 is 1.47 bits per heavy atom. The first-order chi connectivity index (χ1) is 6.97. The summed E-state index contributed by atoms with van der Waals surface area (Å²) in [6.45, 7) is 7.32. The topological polar surface area (TPSA) is 63.8 Å². The quantitative estimate of drug-likeness (QED) is 0.789. The molecule has 0 aliphatic carbocycles. The fraction of sp³-hybridized carbons (Fsp3) is 0.636. The van der Waals surface area contributed by atoms with Gasteiger partial charge in [-0.15, -0.1) is 0 Å². The molecule has 0 aliphatic heterocycles. The highest BCUT2D eigenvalue weighted by Crippen LogP contribution is 2.19. The Labute approximate surface area is 91.3 Å². The molecule has 0 aliphatic rings. The average molecular weight is 208 g/mol. The van der Waals surface area contributed by atoms with Crippen LogP contribution in [0, 0.1) is 5.41 Å². The highest BCUT2D eigenvalue weighted by molar-refractivity contribution is 5.31. The van der Waals surface area contributed by atoms with Gasteiger partial charge in [0.25, 0.3) is 0 Å². The highest BCUT2D eigenvalue weighted by atomic mass is 15.0. The summed E-state index contributed by atoms with van der Waals surface area (Å²) in [4.78, 5) is 7.92. The van der Waals surface area contributed by atoms with E-state index < -0.39 is 0 Å². The van der Waals surface area contributed by atoms with Gasteiger partial charge in [-0.3, -0.25) is 0 Å². The van der Waals surface area contributed by atoms with Gasteiger partial charge in [-0.05, 0) is 17.9 Å². The van der Waals surface area contributed by atoms with Crippen LogP contribution in [-0.2, 0) is 0 Å². The van der Waals surface area contributed by atoms with Gasteiger partial charge in [-0.1, -0.05) is 20.8 Å². The van der Waals surface area contributed by atoms with Crippen molar-refractivity contribution in [3.8, 4) is 0 Å². The van der Waals surface area contributed by atoms with Gasteiger partial charge in [0, 0.05) is 18.8 Å². The number of nitrogens with two attached hydrogens (primary N) is 1. The molecule has 84 valence electrons. The third-order valence-electron chi connectivity index (χ3n) is 2.00. The van der Waals surface area contributed by atoms with Gasteiger partial charge in [0.15, 0.2) is 0 Å². The first-order valence-electron chi connectivity index (χ1n) is 5.23. The smallest absolute Gasteiger partial charge is 0.129 e. The number of hydrogen-bond acceptors (Lipinski definition) is 4. The molecule has 1 atom stereocenters. The number of aromatic nitrogens is 2. The van der Waals surface area contributed by atoms with Crippen LogP contribution < -0.4 is 11.1 Å². The molecule has 0 bridgehead atoms.